The van der Waals surface area contributed by atoms with E-state index >= 15 is 0 Å². The van der Waals surface area contributed by atoms with Crippen LogP contribution in [0.25, 0.3) is 0 Å². The summed E-state index contributed by atoms with van der Waals surface area (Å²) in [5.74, 6) is -0.316. The zero-order valence-corrected chi connectivity index (χ0v) is 13.2. The predicted octanol–water partition coefficient (Wildman–Crippen LogP) is -1.13. The molecular formula is C11H17N3O5S2. The Kier molecular flexibility index (Phi) is 5.84. The van der Waals surface area contributed by atoms with E-state index in [1.54, 1.807) is 0 Å². The van der Waals surface area contributed by atoms with E-state index in [4.69, 9.17) is 0 Å². The van der Waals surface area contributed by atoms with Crippen LogP contribution in [0.15, 0.2) is 29.2 Å². The summed E-state index contributed by atoms with van der Waals surface area (Å²) in [5.41, 5.74) is 0.343. The first-order valence-electron chi connectivity index (χ1n) is 5.92. The Morgan fingerprint density at radius 3 is 2.00 bits per heavy atom. The second kappa shape index (κ2) is 6.98. The van der Waals surface area contributed by atoms with Crippen molar-refractivity contribution in [1.82, 2.24) is 14.8 Å². The highest BCUT2D eigenvalue weighted by atomic mass is 32.2. The average Bonchev–Trinajstić information content (AvgIpc) is 2.42. The molecular weight excluding hydrogens is 318 g/mol. The van der Waals surface area contributed by atoms with Gasteiger partial charge in [-0.3, -0.25) is 4.79 Å². The Morgan fingerprint density at radius 1 is 1.00 bits per heavy atom. The normalized spacial score (nSPS) is 12.1. The van der Waals surface area contributed by atoms with Gasteiger partial charge in [-0.1, -0.05) is 0 Å². The number of nitrogens with one attached hydrogen (secondary N) is 3. The maximum Gasteiger partial charge on any atom is 0.251 e. The van der Waals surface area contributed by atoms with E-state index in [1.165, 1.54) is 31.3 Å². The van der Waals surface area contributed by atoms with Gasteiger partial charge >= 0.3 is 0 Å². The van der Waals surface area contributed by atoms with Crippen molar-refractivity contribution in [3.8, 4) is 0 Å². The summed E-state index contributed by atoms with van der Waals surface area (Å²) in [6.45, 7) is -0.124. The highest BCUT2D eigenvalue weighted by Gasteiger charge is 2.14. The monoisotopic (exact) mass is 335 g/mol. The Bertz CT molecular complexity index is 696. The van der Waals surface area contributed by atoms with Crippen LogP contribution in [0.5, 0.6) is 0 Å². The zero-order valence-electron chi connectivity index (χ0n) is 11.6. The Labute approximate surface area is 124 Å². The first-order chi connectivity index (χ1) is 9.65. The number of carbonyl (C=O) groups excluding carboxylic acids is 1. The van der Waals surface area contributed by atoms with E-state index < -0.39 is 20.0 Å². The van der Waals surface area contributed by atoms with Gasteiger partial charge in [0.1, 0.15) is 0 Å². The fourth-order valence-corrected chi connectivity index (χ4v) is 2.94. The molecule has 3 N–H and O–H groups in total. The van der Waals surface area contributed by atoms with E-state index in [0.717, 1.165) is 6.26 Å². The van der Waals surface area contributed by atoms with Gasteiger partial charge < -0.3 is 5.32 Å². The lowest BCUT2D eigenvalue weighted by Gasteiger charge is -2.07. The molecule has 0 saturated carbocycles. The maximum absolute atomic E-state index is 11.9. The molecule has 0 radical (unpaired) electrons. The smallest absolute Gasteiger partial charge is 0.251 e. The summed E-state index contributed by atoms with van der Waals surface area (Å²) >= 11 is 0. The second-order valence-electron chi connectivity index (χ2n) is 4.17. The Balaban J connectivity index is 2.68. The molecule has 118 valence electrons. The topological polar surface area (TPSA) is 121 Å². The van der Waals surface area contributed by atoms with Gasteiger partial charge in [0.15, 0.2) is 0 Å². The van der Waals surface area contributed by atoms with Crippen LogP contribution in [-0.4, -0.2) is 49.1 Å². The maximum atomic E-state index is 11.9. The molecule has 10 heteroatoms. The largest absolute Gasteiger partial charge is 0.355 e. The Morgan fingerprint density at radius 2 is 1.52 bits per heavy atom. The summed E-state index contributed by atoms with van der Waals surface area (Å²) < 4.78 is 49.9. The number of amides is 1. The molecule has 0 heterocycles. The van der Waals surface area contributed by atoms with Crippen molar-refractivity contribution in [2.75, 3.05) is 26.4 Å². The van der Waals surface area contributed by atoms with E-state index in [9.17, 15) is 21.6 Å². The minimum absolute atomic E-state index is 0.00508. The van der Waals surface area contributed by atoms with Crippen molar-refractivity contribution in [2.45, 2.75) is 4.90 Å². The standard InChI is InChI=1S/C11H17N3O5S2/c1-12-11(15)9-3-5-10(6-4-9)21(18,19)14-8-7-13-20(2,16)17/h3-6,13-14H,7-8H2,1-2H3,(H,12,15). The lowest BCUT2D eigenvalue weighted by molar-refractivity contribution is 0.0963. The third-order valence-electron chi connectivity index (χ3n) is 2.44. The molecule has 0 saturated heterocycles. The van der Waals surface area contributed by atoms with Crippen LogP contribution < -0.4 is 14.8 Å². The summed E-state index contributed by atoms with van der Waals surface area (Å²) in [7, 11) is -5.62. The molecule has 0 aromatic heterocycles. The number of hydrogen-bond donors (Lipinski definition) is 3. The first-order valence-corrected chi connectivity index (χ1v) is 9.29. The second-order valence-corrected chi connectivity index (χ2v) is 7.77. The predicted molar refractivity (Wildman–Crippen MR) is 77.9 cm³/mol. The van der Waals surface area contributed by atoms with Crippen molar-refractivity contribution < 1.29 is 21.6 Å². The van der Waals surface area contributed by atoms with Crippen LogP contribution in [0.2, 0.25) is 0 Å². The Hall–Kier alpha value is -1.49. The van der Waals surface area contributed by atoms with Gasteiger partial charge in [0.05, 0.1) is 11.2 Å². The molecule has 0 atom stereocenters. The number of rotatable bonds is 7. The van der Waals surface area contributed by atoms with Crippen molar-refractivity contribution in [3.63, 3.8) is 0 Å². The zero-order chi connectivity index (χ0) is 16.1. The summed E-state index contributed by atoms with van der Waals surface area (Å²) in [6, 6.07) is 5.39. The highest BCUT2D eigenvalue weighted by molar-refractivity contribution is 7.89. The van der Waals surface area contributed by atoms with Gasteiger partial charge in [-0.05, 0) is 24.3 Å². The highest BCUT2D eigenvalue weighted by Crippen LogP contribution is 2.10. The van der Waals surface area contributed by atoms with Crippen LogP contribution in [0.1, 0.15) is 10.4 Å². The van der Waals surface area contributed by atoms with Crippen LogP contribution in [0, 0.1) is 0 Å². The van der Waals surface area contributed by atoms with Crippen molar-refractivity contribution in [1.29, 1.82) is 0 Å². The van der Waals surface area contributed by atoms with Crippen LogP contribution in [0.4, 0.5) is 0 Å². The fraction of sp³-hybridized carbons (Fsp3) is 0.364. The lowest BCUT2D eigenvalue weighted by Crippen LogP contribution is -2.34. The van der Waals surface area contributed by atoms with Gasteiger partial charge in [-0.25, -0.2) is 26.3 Å². The molecule has 1 rings (SSSR count). The van der Waals surface area contributed by atoms with Crippen LogP contribution >= 0.6 is 0 Å². The van der Waals surface area contributed by atoms with Gasteiger partial charge in [0.25, 0.3) is 5.91 Å². The van der Waals surface area contributed by atoms with E-state index in [-0.39, 0.29) is 23.9 Å². The molecule has 0 aliphatic heterocycles. The SMILES string of the molecule is CNC(=O)c1ccc(S(=O)(=O)NCCNS(C)(=O)=O)cc1. The van der Waals surface area contributed by atoms with E-state index in [2.05, 4.69) is 14.8 Å². The number of sulfonamides is 2. The molecule has 0 spiro atoms. The minimum atomic E-state index is -3.74. The molecule has 0 aliphatic rings. The molecule has 1 aromatic carbocycles. The number of carbonyl (C=O) groups is 1. The average molecular weight is 335 g/mol. The summed E-state index contributed by atoms with van der Waals surface area (Å²) in [6.07, 6.45) is 0.985. The van der Waals surface area contributed by atoms with Crippen molar-refractivity contribution >= 4 is 26.0 Å². The van der Waals surface area contributed by atoms with Crippen LogP contribution in [0.3, 0.4) is 0 Å². The van der Waals surface area contributed by atoms with E-state index in [0.29, 0.717) is 5.56 Å². The lowest BCUT2D eigenvalue weighted by atomic mass is 10.2. The molecule has 1 amide bonds. The molecule has 0 unspecified atom stereocenters. The molecule has 8 nitrogen and oxygen atoms in total. The third kappa shape index (κ3) is 5.79. The fourth-order valence-electron chi connectivity index (χ4n) is 1.43. The van der Waals surface area contributed by atoms with Gasteiger partial charge in [-0.15, -0.1) is 0 Å². The number of benzene rings is 1. The molecule has 0 fully saturated rings. The minimum Gasteiger partial charge on any atom is -0.355 e. The van der Waals surface area contributed by atoms with Gasteiger partial charge in [-0.2, -0.15) is 0 Å². The molecule has 21 heavy (non-hydrogen) atoms. The molecule has 1 aromatic rings. The summed E-state index contributed by atoms with van der Waals surface area (Å²) in [5, 5.41) is 2.43. The quantitative estimate of drug-likeness (QED) is 0.545. The van der Waals surface area contributed by atoms with Gasteiger partial charge in [0, 0.05) is 25.7 Å². The van der Waals surface area contributed by atoms with Crippen molar-refractivity contribution in [2.24, 2.45) is 0 Å². The summed E-state index contributed by atoms with van der Waals surface area (Å²) in [4.78, 5) is 11.3. The van der Waals surface area contributed by atoms with Crippen LogP contribution in [-0.2, 0) is 20.0 Å². The first kappa shape index (κ1) is 17.6. The molecule has 0 bridgehead atoms. The molecule has 0 aliphatic carbocycles. The van der Waals surface area contributed by atoms with E-state index in [1.807, 2.05) is 0 Å². The van der Waals surface area contributed by atoms with Crippen molar-refractivity contribution in [3.05, 3.63) is 29.8 Å². The van der Waals surface area contributed by atoms with Gasteiger partial charge in [0.2, 0.25) is 20.0 Å². The third-order valence-corrected chi connectivity index (χ3v) is 4.64. The number of hydrogen-bond acceptors (Lipinski definition) is 5.